The molecule has 3 aromatic rings. The Morgan fingerprint density at radius 2 is 2.10 bits per heavy atom. The quantitative estimate of drug-likeness (QED) is 0.684. The Morgan fingerprint density at radius 3 is 2.85 bits per heavy atom. The van der Waals surface area contributed by atoms with E-state index in [0.717, 1.165) is 28.8 Å². The number of carbonyl (C=O) groups is 1. The maximum absolute atomic E-state index is 11.4. The maximum atomic E-state index is 11.4. The highest BCUT2D eigenvalue weighted by Gasteiger charge is 2.14. The standard InChI is InChI=1S/C16H14N2O2/c1-11-5-4-8-18-14(10-19)15(17-16(11)18)12-6-3-7-13(9-12)20-2/h3-10H,1-2H3. The molecule has 0 spiro atoms. The van der Waals surface area contributed by atoms with Crippen LogP contribution in [-0.2, 0) is 0 Å². The van der Waals surface area contributed by atoms with E-state index in [2.05, 4.69) is 4.98 Å². The number of fused-ring (bicyclic) bond motifs is 1. The summed E-state index contributed by atoms with van der Waals surface area (Å²) in [5.41, 5.74) is 3.93. The van der Waals surface area contributed by atoms with Gasteiger partial charge in [-0.25, -0.2) is 4.98 Å². The van der Waals surface area contributed by atoms with Gasteiger partial charge in [-0.1, -0.05) is 18.2 Å². The number of aldehydes is 1. The third kappa shape index (κ3) is 1.86. The van der Waals surface area contributed by atoms with Crippen LogP contribution in [0.5, 0.6) is 5.75 Å². The Balaban J connectivity index is 2.30. The smallest absolute Gasteiger partial charge is 0.169 e. The normalized spacial score (nSPS) is 10.7. The van der Waals surface area contributed by atoms with Gasteiger partial charge in [-0.3, -0.25) is 9.20 Å². The minimum Gasteiger partial charge on any atom is -0.497 e. The van der Waals surface area contributed by atoms with Gasteiger partial charge in [-0.2, -0.15) is 0 Å². The van der Waals surface area contributed by atoms with Crippen LogP contribution in [0, 0.1) is 6.92 Å². The molecule has 2 heterocycles. The molecule has 3 rings (SSSR count). The van der Waals surface area contributed by atoms with Crippen molar-refractivity contribution in [3.05, 3.63) is 53.9 Å². The first-order chi connectivity index (χ1) is 9.74. The Morgan fingerprint density at radius 1 is 1.25 bits per heavy atom. The van der Waals surface area contributed by atoms with E-state index in [9.17, 15) is 4.79 Å². The second-order valence-electron chi connectivity index (χ2n) is 4.58. The maximum Gasteiger partial charge on any atom is 0.169 e. The van der Waals surface area contributed by atoms with Gasteiger partial charge in [0.1, 0.15) is 22.8 Å². The van der Waals surface area contributed by atoms with E-state index in [0.29, 0.717) is 11.4 Å². The zero-order chi connectivity index (χ0) is 14.1. The molecule has 0 amide bonds. The van der Waals surface area contributed by atoms with Crippen LogP contribution in [0.4, 0.5) is 0 Å². The van der Waals surface area contributed by atoms with E-state index in [1.165, 1.54) is 0 Å². The van der Waals surface area contributed by atoms with Crippen LogP contribution in [0.3, 0.4) is 0 Å². The van der Waals surface area contributed by atoms with Crippen molar-refractivity contribution in [3.8, 4) is 17.0 Å². The highest BCUT2D eigenvalue weighted by Crippen LogP contribution is 2.27. The highest BCUT2D eigenvalue weighted by atomic mass is 16.5. The van der Waals surface area contributed by atoms with Crippen LogP contribution in [0.1, 0.15) is 16.1 Å². The van der Waals surface area contributed by atoms with Crippen molar-refractivity contribution in [1.82, 2.24) is 9.38 Å². The van der Waals surface area contributed by atoms with Crippen LogP contribution in [0.25, 0.3) is 16.9 Å². The van der Waals surface area contributed by atoms with Crippen molar-refractivity contribution in [2.45, 2.75) is 6.92 Å². The molecule has 1 aromatic carbocycles. The molecule has 0 N–H and O–H groups in total. The van der Waals surface area contributed by atoms with Gasteiger partial charge in [-0.15, -0.1) is 0 Å². The number of carbonyl (C=O) groups excluding carboxylic acids is 1. The summed E-state index contributed by atoms with van der Waals surface area (Å²) in [4.78, 5) is 16.1. The van der Waals surface area contributed by atoms with E-state index < -0.39 is 0 Å². The Kier molecular flexibility index (Phi) is 2.99. The Labute approximate surface area is 116 Å². The molecular weight excluding hydrogens is 252 g/mol. The molecule has 20 heavy (non-hydrogen) atoms. The lowest BCUT2D eigenvalue weighted by molar-refractivity contribution is 0.111. The number of nitrogens with zero attached hydrogens (tertiary/aromatic N) is 2. The number of aryl methyl sites for hydroxylation is 1. The van der Waals surface area contributed by atoms with Crippen molar-refractivity contribution in [2.75, 3.05) is 7.11 Å². The van der Waals surface area contributed by atoms with Crippen molar-refractivity contribution >= 4 is 11.9 Å². The molecule has 0 bridgehead atoms. The fraction of sp³-hybridized carbons (Fsp3) is 0.125. The molecule has 2 aromatic heterocycles. The second-order valence-corrected chi connectivity index (χ2v) is 4.58. The minimum atomic E-state index is 0.553. The lowest BCUT2D eigenvalue weighted by atomic mass is 10.1. The number of benzene rings is 1. The fourth-order valence-corrected chi connectivity index (χ4v) is 2.32. The Hall–Kier alpha value is -2.62. The first-order valence-electron chi connectivity index (χ1n) is 6.32. The molecule has 0 aliphatic heterocycles. The molecule has 0 radical (unpaired) electrons. The molecule has 0 saturated carbocycles. The first kappa shape index (κ1) is 12.4. The molecule has 0 fully saturated rings. The Bertz CT molecular complexity index is 790. The van der Waals surface area contributed by atoms with Gasteiger partial charge < -0.3 is 4.74 Å². The molecule has 0 atom stereocenters. The van der Waals surface area contributed by atoms with Crippen molar-refractivity contribution < 1.29 is 9.53 Å². The topological polar surface area (TPSA) is 43.6 Å². The van der Waals surface area contributed by atoms with Crippen LogP contribution in [-0.4, -0.2) is 22.8 Å². The van der Waals surface area contributed by atoms with Crippen LogP contribution >= 0.6 is 0 Å². The zero-order valence-electron chi connectivity index (χ0n) is 11.3. The number of hydrogen-bond donors (Lipinski definition) is 0. The highest BCUT2D eigenvalue weighted by molar-refractivity contribution is 5.86. The average Bonchev–Trinajstić information content (AvgIpc) is 2.87. The summed E-state index contributed by atoms with van der Waals surface area (Å²) in [5.74, 6) is 0.744. The van der Waals surface area contributed by atoms with Gasteiger partial charge in [0.2, 0.25) is 0 Å². The summed E-state index contributed by atoms with van der Waals surface area (Å²) in [5, 5.41) is 0. The van der Waals surface area contributed by atoms with Crippen molar-refractivity contribution in [3.63, 3.8) is 0 Å². The zero-order valence-corrected chi connectivity index (χ0v) is 11.3. The van der Waals surface area contributed by atoms with Gasteiger partial charge >= 0.3 is 0 Å². The largest absolute Gasteiger partial charge is 0.497 e. The summed E-state index contributed by atoms with van der Waals surface area (Å²) in [6.45, 7) is 1.98. The van der Waals surface area contributed by atoms with Crippen molar-refractivity contribution in [1.29, 1.82) is 0 Å². The number of imidazole rings is 1. The van der Waals surface area contributed by atoms with Crippen LogP contribution in [0.15, 0.2) is 42.6 Å². The van der Waals surface area contributed by atoms with Gasteiger partial charge in [0, 0.05) is 11.8 Å². The number of pyridine rings is 1. The number of rotatable bonds is 3. The first-order valence-corrected chi connectivity index (χ1v) is 6.32. The van der Waals surface area contributed by atoms with Gasteiger partial charge in [0.05, 0.1) is 7.11 Å². The SMILES string of the molecule is COc1cccc(-c2nc3c(C)cccn3c2C=O)c1. The number of hydrogen-bond acceptors (Lipinski definition) is 3. The minimum absolute atomic E-state index is 0.553. The number of aromatic nitrogens is 2. The molecule has 0 aliphatic rings. The van der Waals surface area contributed by atoms with E-state index in [4.69, 9.17) is 4.74 Å². The van der Waals surface area contributed by atoms with Gasteiger partial charge in [0.25, 0.3) is 0 Å². The summed E-state index contributed by atoms with van der Waals surface area (Å²) >= 11 is 0. The fourth-order valence-electron chi connectivity index (χ4n) is 2.32. The number of ether oxygens (including phenoxy) is 1. The molecule has 0 unspecified atom stereocenters. The monoisotopic (exact) mass is 266 g/mol. The molecule has 4 nitrogen and oxygen atoms in total. The third-order valence-electron chi connectivity index (χ3n) is 3.34. The summed E-state index contributed by atoms with van der Waals surface area (Å²) in [6, 6.07) is 11.4. The molecule has 100 valence electrons. The van der Waals surface area contributed by atoms with E-state index >= 15 is 0 Å². The summed E-state index contributed by atoms with van der Waals surface area (Å²) in [7, 11) is 1.62. The lowest BCUT2D eigenvalue weighted by Gasteiger charge is -2.02. The third-order valence-corrected chi connectivity index (χ3v) is 3.34. The van der Waals surface area contributed by atoms with Gasteiger partial charge in [0.15, 0.2) is 6.29 Å². The van der Waals surface area contributed by atoms with Crippen molar-refractivity contribution in [2.24, 2.45) is 0 Å². The molecule has 0 saturated heterocycles. The molecular formula is C16H14N2O2. The average molecular weight is 266 g/mol. The second kappa shape index (κ2) is 4.81. The number of methoxy groups -OCH3 is 1. The van der Waals surface area contributed by atoms with Gasteiger partial charge in [-0.05, 0) is 30.7 Å². The predicted molar refractivity (Wildman–Crippen MR) is 77.3 cm³/mol. The molecule has 0 aliphatic carbocycles. The van der Waals surface area contributed by atoms with E-state index in [1.54, 1.807) is 7.11 Å². The van der Waals surface area contributed by atoms with Crippen LogP contribution < -0.4 is 4.74 Å². The van der Waals surface area contributed by atoms with E-state index in [1.807, 2.05) is 53.9 Å². The molecule has 4 heteroatoms. The lowest BCUT2D eigenvalue weighted by Crippen LogP contribution is -1.93. The summed E-state index contributed by atoms with van der Waals surface area (Å²) < 4.78 is 7.04. The van der Waals surface area contributed by atoms with E-state index in [-0.39, 0.29) is 0 Å². The van der Waals surface area contributed by atoms with Crippen LogP contribution in [0.2, 0.25) is 0 Å². The summed E-state index contributed by atoms with van der Waals surface area (Å²) in [6.07, 6.45) is 2.69. The predicted octanol–water partition coefficient (Wildman–Crippen LogP) is 3.13.